The van der Waals surface area contributed by atoms with E-state index >= 15 is 0 Å². The van der Waals surface area contributed by atoms with Crippen LogP contribution >= 0.6 is 11.8 Å². The van der Waals surface area contributed by atoms with Crippen molar-refractivity contribution >= 4 is 17.7 Å². The predicted molar refractivity (Wildman–Crippen MR) is 71.2 cm³/mol. The van der Waals surface area contributed by atoms with Crippen LogP contribution in [-0.4, -0.2) is 32.5 Å². The average molecular weight is 272 g/mol. The summed E-state index contributed by atoms with van der Waals surface area (Å²) in [6.45, 7) is 9.95. The lowest BCUT2D eigenvalue weighted by atomic mass is 10.3. The number of aromatic hydroxyl groups is 1. The molecule has 0 saturated carbocycles. The molecular weight excluding hydrogens is 252 g/mol. The molecule has 0 atom stereocenters. The molecule has 0 aromatic carbocycles. The molecule has 5 nitrogen and oxygen atoms in total. The zero-order valence-corrected chi connectivity index (χ0v) is 12.2. The number of imidazole rings is 1. The Labute approximate surface area is 112 Å². The molecule has 0 aliphatic carbocycles. The second-order valence-corrected chi connectivity index (χ2v) is 5.96. The first-order valence-electron chi connectivity index (χ1n) is 6.03. The van der Waals surface area contributed by atoms with E-state index in [0.717, 1.165) is 0 Å². The molecule has 102 valence electrons. The summed E-state index contributed by atoms with van der Waals surface area (Å²) in [5, 5.41) is 10.8. The van der Waals surface area contributed by atoms with E-state index in [2.05, 4.69) is 4.98 Å². The molecule has 0 fully saturated rings. The van der Waals surface area contributed by atoms with E-state index in [9.17, 15) is 9.90 Å². The SMILES string of the molecule is CCOC(=O)c1c(O)nc(SC(C)C)n1C(C)C. The van der Waals surface area contributed by atoms with Gasteiger partial charge in [0.25, 0.3) is 0 Å². The van der Waals surface area contributed by atoms with Crippen molar-refractivity contribution in [2.75, 3.05) is 6.61 Å². The number of carbonyl (C=O) groups is 1. The van der Waals surface area contributed by atoms with Gasteiger partial charge in [-0.1, -0.05) is 25.6 Å². The summed E-state index contributed by atoms with van der Waals surface area (Å²) in [6, 6.07) is 0.0269. The van der Waals surface area contributed by atoms with Crippen molar-refractivity contribution < 1.29 is 14.6 Å². The number of aromatic nitrogens is 2. The van der Waals surface area contributed by atoms with Crippen molar-refractivity contribution in [2.24, 2.45) is 0 Å². The van der Waals surface area contributed by atoms with Gasteiger partial charge in [-0.25, -0.2) is 4.79 Å². The van der Waals surface area contributed by atoms with E-state index in [0.29, 0.717) is 10.4 Å². The lowest BCUT2D eigenvalue weighted by Gasteiger charge is -2.15. The first-order chi connectivity index (χ1) is 8.38. The molecular formula is C12H20N2O3S. The highest BCUT2D eigenvalue weighted by Gasteiger charge is 2.26. The third kappa shape index (κ3) is 3.19. The normalized spacial score (nSPS) is 11.3. The Bertz CT molecular complexity index is 427. The Morgan fingerprint density at radius 1 is 1.44 bits per heavy atom. The van der Waals surface area contributed by atoms with E-state index in [1.807, 2.05) is 27.7 Å². The van der Waals surface area contributed by atoms with Crippen LogP contribution in [0.1, 0.15) is 51.1 Å². The van der Waals surface area contributed by atoms with Crippen LogP contribution in [0.4, 0.5) is 0 Å². The fourth-order valence-corrected chi connectivity index (χ4v) is 2.54. The third-order valence-electron chi connectivity index (χ3n) is 2.19. The Kier molecular flexibility index (Phi) is 5.07. The number of hydrogen-bond acceptors (Lipinski definition) is 5. The van der Waals surface area contributed by atoms with Gasteiger partial charge < -0.3 is 14.4 Å². The highest BCUT2D eigenvalue weighted by molar-refractivity contribution is 7.99. The van der Waals surface area contributed by atoms with Crippen LogP contribution in [0.5, 0.6) is 5.88 Å². The molecule has 6 heteroatoms. The maximum absolute atomic E-state index is 11.8. The minimum Gasteiger partial charge on any atom is -0.492 e. The number of hydrogen-bond donors (Lipinski definition) is 1. The number of rotatable bonds is 5. The van der Waals surface area contributed by atoms with Gasteiger partial charge in [0.1, 0.15) is 0 Å². The van der Waals surface area contributed by atoms with Crippen molar-refractivity contribution in [3.05, 3.63) is 5.69 Å². The number of thioether (sulfide) groups is 1. The Morgan fingerprint density at radius 2 is 2.06 bits per heavy atom. The number of ether oxygens (including phenoxy) is 1. The molecule has 0 bridgehead atoms. The monoisotopic (exact) mass is 272 g/mol. The quantitative estimate of drug-likeness (QED) is 0.659. The maximum atomic E-state index is 11.8. The van der Waals surface area contributed by atoms with Gasteiger partial charge in [-0.05, 0) is 20.8 Å². The van der Waals surface area contributed by atoms with E-state index in [4.69, 9.17) is 4.74 Å². The molecule has 1 rings (SSSR count). The summed E-state index contributed by atoms with van der Waals surface area (Å²) < 4.78 is 6.67. The van der Waals surface area contributed by atoms with Gasteiger partial charge in [0.15, 0.2) is 10.9 Å². The standard InChI is InChI=1S/C12H20N2O3S/c1-6-17-11(16)9-10(15)13-12(18-8(4)5)14(9)7(2)3/h7-8,15H,6H2,1-5H3. The first-order valence-corrected chi connectivity index (χ1v) is 6.91. The highest BCUT2D eigenvalue weighted by Crippen LogP contribution is 2.31. The van der Waals surface area contributed by atoms with Gasteiger partial charge in [-0.2, -0.15) is 4.98 Å². The van der Waals surface area contributed by atoms with Crippen LogP contribution in [-0.2, 0) is 4.74 Å². The molecule has 1 heterocycles. The van der Waals surface area contributed by atoms with Crippen molar-refractivity contribution in [2.45, 2.75) is 51.1 Å². The van der Waals surface area contributed by atoms with E-state index in [1.54, 1.807) is 11.5 Å². The fraction of sp³-hybridized carbons (Fsp3) is 0.667. The molecule has 18 heavy (non-hydrogen) atoms. The van der Waals surface area contributed by atoms with Gasteiger partial charge in [-0.3, -0.25) is 0 Å². The summed E-state index contributed by atoms with van der Waals surface area (Å²) in [6.07, 6.45) is 0. The van der Waals surface area contributed by atoms with Gasteiger partial charge in [-0.15, -0.1) is 0 Å². The topological polar surface area (TPSA) is 64.3 Å². The second kappa shape index (κ2) is 6.13. The van der Waals surface area contributed by atoms with Crippen molar-refractivity contribution in [1.29, 1.82) is 0 Å². The van der Waals surface area contributed by atoms with Crippen LogP contribution in [0.25, 0.3) is 0 Å². The summed E-state index contributed by atoms with van der Waals surface area (Å²) in [4.78, 5) is 15.9. The van der Waals surface area contributed by atoms with E-state index in [1.165, 1.54) is 11.8 Å². The highest BCUT2D eigenvalue weighted by atomic mass is 32.2. The zero-order valence-electron chi connectivity index (χ0n) is 11.4. The van der Waals surface area contributed by atoms with Crippen LogP contribution in [0.3, 0.4) is 0 Å². The zero-order chi connectivity index (χ0) is 13.9. The number of carbonyl (C=O) groups excluding carboxylic acids is 1. The molecule has 1 aromatic rings. The molecule has 0 aliphatic heterocycles. The van der Waals surface area contributed by atoms with Crippen LogP contribution in [0, 0.1) is 0 Å². The molecule has 0 aliphatic rings. The van der Waals surface area contributed by atoms with Crippen LogP contribution in [0.15, 0.2) is 5.16 Å². The molecule has 0 radical (unpaired) electrons. The van der Waals surface area contributed by atoms with Crippen LogP contribution in [0.2, 0.25) is 0 Å². The molecule has 1 N–H and O–H groups in total. The molecule has 1 aromatic heterocycles. The minimum atomic E-state index is -0.535. The Morgan fingerprint density at radius 3 is 2.50 bits per heavy atom. The number of esters is 1. The van der Waals surface area contributed by atoms with Gasteiger partial charge in [0, 0.05) is 11.3 Å². The molecule has 0 spiro atoms. The summed E-state index contributed by atoms with van der Waals surface area (Å²) >= 11 is 1.51. The van der Waals surface area contributed by atoms with Crippen molar-refractivity contribution in [3.8, 4) is 5.88 Å². The van der Waals surface area contributed by atoms with Gasteiger partial charge in [0.2, 0.25) is 5.88 Å². The van der Waals surface area contributed by atoms with Crippen LogP contribution < -0.4 is 0 Å². The Hall–Kier alpha value is -1.17. The minimum absolute atomic E-state index is 0.0269. The smallest absolute Gasteiger partial charge is 0.360 e. The average Bonchev–Trinajstić information content (AvgIpc) is 2.54. The third-order valence-corrected chi connectivity index (χ3v) is 3.16. The number of nitrogens with zero attached hydrogens (tertiary/aromatic N) is 2. The first kappa shape index (κ1) is 14.9. The predicted octanol–water partition coefficient (Wildman–Crippen LogP) is 2.85. The van der Waals surface area contributed by atoms with Gasteiger partial charge in [0.05, 0.1) is 6.61 Å². The lowest BCUT2D eigenvalue weighted by Crippen LogP contribution is -2.15. The molecule has 0 unspecified atom stereocenters. The maximum Gasteiger partial charge on any atom is 0.360 e. The summed E-state index contributed by atoms with van der Waals surface area (Å²) in [5.41, 5.74) is 0.134. The Balaban J connectivity index is 3.23. The summed E-state index contributed by atoms with van der Waals surface area (Å²) in [5.74, 6) is -0.794. The van der Waals surface area contributed by atoms with Crippen molar-refractivity contribution in [1.82, 2.24) is 9.55 Å². The fourth-order valence-electron chi connectivity index (χ4n) is 1.56. The summed E-state index contributed by atoms with van der Waals surface area (Å²) in [7, 11) is 0. The van der Waals surface area contributed by atoms with Crippen molar-refractivity contribution in [3.63, 3.8) is 0 Å². The molecule has 0 saturated heterocycles. The molecule has 0 amide bonds. The van der Waals surface area contributed by atoms with E-state index < -0.39 is 5.97 Å². The largest absolute Gasteiger partial charge is 0.492 e. The van der Waals surface area contributed by atoms with Gasteiger partial charge >= 0.3 is 5.97 Å². The van der Waals surface area contributed by atoms with E-state index in [-0.39, 0.29) is 24.2 Å². The lowest BCUT2D eigenvalue weighted by molar-refractivity contribution is 0.0507. The second-order valence-electron chi connectivity index (χ2n) is 4.42.